The maximum Gasteiger partial charge on any atom is 0.338 e. The van der Waals surface area contributed by atoms with Crippen LogP contribution in [0.25, 0.3) is 6.08 Å². The molecule has 0 aliphatic carbocycles. The number of non-ortho nitro benzene ring substituents is 1. The van der Waals surface area contributed by atoms with Crippen LogP contribution in [0.15, 0.2) is 70.7 Å². The van der Waals surface area contributed by atoms with Crippen LogP contribution < -0.4 is 19.7 Å². The summed E-state index contributed by atoms with van der Waals surface area (Å²) in [5.74, 6) is -1.77. The predicted octanol–water partition coefficient (Wildman–Crippen LogP) is 4.79. The molecule has 0 bridgehead atoms. The Morgan fingerprint density at radius 2 is 1.83 bits per heavy atom. The number of halogens is 1. The number of nitrogens with one attached hydrogen (secondary N) is 1. The van der Waals surface area contributed by atoms with Crippen molar-refractivity contribution < 1.29 is 38.3 Å². The number of benzene rings is 3. The summed E-state index contributed by atoms with van der Waals surface area (Å²) in [7, 11) is 1.40. The van der Waals surface area contributed by atoms with Gasteiger partial charge in [0.2, 0.25) is 0 Å². The number of imide groups is 2. The average molecular weight is 624 g/mol. The monoisotopic (exact) mass is 623 g/mol. The van der Waals surface area contributed by atoms with Gasteiger partial charge in [-0.05, 0) is 76.5 Å². The van der Waals surface area contributed by atoms with E-state index in [2.05, 4.69) is 21.2 Å². The van der Waals surface area contributed by atoms with Gasteiger partial charge < -0.3 is 14.2 Å². The molecule has 4 rings (SSSR count). The predicted molar refractivity (Wildman–Crippen MR) is 150 cm³/mol. The number of nitro groups is 1. The molecule has 1 heterocycles. The number of methoxy groups -OCH3 is 1. The lowest BCUT2D eigenvalue weighted by atomic mass is 10.1. The molecule has 0 saturated carbocycles. The highest BCUT2D eigenvalue weighted by atomic mass is 79.9. The van der Waals surface area contributed by atoms with Crippen LogP contribution in [0.1, 0.15) is 28.4 Å². The number of barbiturate groups is 1. The zero-order valence-electron chi connectivity index (χ0n) is 21.7. The van der Waals surface area contributed by atoms with Gasteiger partial charge in [-0.2, -0.15) is 0 Å². The fourth-order valence-corrected chi connectivity index (χ4v) is 4.47. The van der Waals surface area contributed by atoms with Crippen molar-refractivity contribution in [1.82, 2.24) is 5.32 Å². The van der Waals surface area contributed by atoms with E-state index < -0.39 is 28.7 Å². The second-order valence-corrected chi connectivity index (χ2v) is 9.33. The molecule has 41 heavy (non-hydrogen) atoms. The fourth-order valence-electron chi connectivity index (χ4n) is 3.90. The van der Waals surface area contributed by atoms with Gasteiger partial charge in [-0.25, -0.2) is 14.5 Å². The smallest absolute Gasteiger partial charge is 0.338 e. The molecule has 1 aliphatic rings. The number of hydrogen-bond acceptors (Lipinski definition) is 9. The molecule has 12 nitrogen and oxygen atoms in total. The number of amides is 4. The number of urea groups is 1. The lowest BCUT2D eigenvalue weighted by Crippen LogP contribution is -2.54. The van der Waals surface area contributed by atoms with Crippen LogP contribution in [0, 0.1) is 10.1 Å². The summed E-state index contributed by atoms with van der Waals surface area (Å²) >= 11 is 3.40. The van der Waals surface area contributed by atoms with Crippen LogP contribution in [0.2, 0.25) is 0 Å². The summed E-state index contributed by atoms with van der Waals surface area (Å²) in [4.78, 5) is 61.7. The van der Waals surface area contributed by atoms with Crippen LogP contribution in [-0.2, 0) is 20.9 Å². The molecule has 0 unspecified atom stereocenters. The number of carbonyl (C=O) groups excluding carboxylic acids is 4. The zero-order chi connectivity index (χ0) is 29.7. The van der Waals surface area contributed by atoms with Crippen molar-refractivity contribution in [3.63, 3.8) is 0 Å². The minimum atomic E-state index is -0.940. The largest absolute Gasteiger partial charge is 0.493 e. The van der Waals surface area contributed by atoms with Crippen LogP contribution in [-0.4, -0.2) is 42.5 Å². The molecule has 0 spiro atoms. The van der Waals surface area contributed by atoms with Gasteiger partial charge >= 0.3 is 12.0 Å². The van der Waals surface area contributed by atoms with E-state index in [1.54, 1.807) is 25.1 Å². The number of nitrogens with zero attached hydrogens (tertiary/aromatic N) is 2. The highest BCUT2D eigenvalue weighted by Gasteiger charge is 2.37. The molecule has 3 aromatic rings. The third kappa shape index (κ3) is 6.41. The Morgan fingerprint density at radius 3 is 2.49 bits per heavy atom. The molecule has 0 atom stereocenters. The first-order valence-electron chi connectivity index (χ1n) is 12.0. The van der Waals surface area contributed by atoms with Crippen LogP contribution in [0.3, 0.4) is 0 Å². The highest BCUT2D eigenvalue weighted by molar-refractivity contribution is 9.10. The first-order chi connectivity index (χ1) is 19.6. The Balaban J connectivity index is 1.60. The van der Waals surface area contributed by atoms with Crippen molar-refractivity contribution >= 4 is 57.2 Å². The van der Waals surface area contributed by atoms with Crippen molar-refractivity contribution in [3.8, 4) is 11.5 Å². The van der Waals surface area contributed by atoms with Crippen molar-refractivity contribution in [1.29, 1.82) is 0 Å². The maximum atomic E-state index is 13.3. The standard InChI is InChI=1S/C28H22BrN3O9/c1-3-40-27(35)18-7-9-19(10-8-18)31-26(34)21(25(33)30-28(31)36)12-17-13-22(29)24(23(14-17)39-2)41-15-16-5-4-6-20(11-16)32(37)38/h4-14H,3,15H2,1-2H3,(H,30,33,36)/b21-12+. The molecule has 0 aromatic heterocycles. The molecule has 4 amide bonds. The summed E-state index contributed by atoms with van der Waals surface area (Å²) in [6, 6.07) is 13.7. The normalized spacial score (nSPS) is 14.1. The van der Waals surface area contributed by atoms with Crippen molar-refractivity contribution in [2.75, 3.05) is 18.6 Å². The van der Waals surface area contributed by atoms with E-state index in [1.807, 2.05) is 0 Å². The first-order valence-corrected chi connectivity index (χ1v) is 12.8. The molecule has 0 radical (unpaired) electrons. The van der Waals surface area contributed by atoms with E-state index in [0.717, 1.165) is 4.90 Å². The lowest BCUT2D eigenvalue weighted by Gasteiger charge is -2.26. The maximum absolute atomic E-state index is 13.3. The molecular formula is C28H22BrN3O9. The van der Waals surface area contributed by atoms with Gasteiger partial charge in [0.05, 0.1) is 34.4 Å². The lowest BCUT2D eigenvalue weighted by molar-refractivity contribution is -0.384. The Morgan fingerprint density at radius 1 is 1.10 bits per heavy atom. The molecule has 1 aliphatic heterocycles. The van der Waals surface area contributed by atoms with Gasteiger partial charge in [-0.1, -0.05) is 12.1 Å². The van der Waals surface area contributed by atoms with Crippen molar-refractivity contribution in [2.45, 2.75) is 13.5 Å². The third-order valence-electron chi connectivity index (χ3n) is 5.81. The fraction of sp³-hybridized carbons (Fsp3) is 0.143. The van der Waals surface area contributed by atoms with E-state index >= 15 is 0 Å². The van der Waals surface area contributed by atoms with E-state index in [0.29, 0.717) is 21.3 Å². The number of esters is 1. The second-order valence-electron chi connectivity index (χ2n) is 8.47. The molecule has 3 aromatic carbocycles. The summed E-state index contributed by atoms with van der Waals surface area (Å²) < 4.78 is 16.6. The van der Waals surface area contributed by atoms with Gasteiger partial charge in [0.1, 0.15) is 12.2 Å². The number of nitro benzene ring substituents is 1. The molecule has 1 fully saturated rings. The molecule has 1 saturated heterocycles. The minimum absolute atomic E-state index is 0.00396. The topological polar surface area (TPSA) is 154 Å². The van der Waals surface area contributed by atoms with Crippen LogP contribution in [0.4, 0.5) is 16.2 Å². The number of carbonyl (C=O) groups is 4. The number of hydrogen-bond donors (Lipinski definition) is 1. The quantitative estimate of drug-likeness (QED) is 0.116. The van der Waals surface area contributed by atoms with Gasteiger partial charge in [-0.3, -0.25) is 25.0 Å². The summed E-state index contributed by atoms with van der Waals surface area (Å²) in [6.45, 7) is 1.86. The van der Waals surface area contributed by atoms with Gasteiger partial charge in [0.25, 0.3) is 17.5 Å². The van der Waals surface area contributed by atoms with Gasteiger partial charge in [0.15, 0.2) is 11.5 Å². The molecule has 13 heteroatoms. The van der Waals surface area contributed by atoms with Crippen molar-refractivity contribution in [2.24, 2.45) is 0 Å². The minimum Gasteiger partial charge on any atom is -0.493 e. The zero-order valence-corrected chi connectivity index (χ0v) is 23.3. The highest BCUT2D eigenvalue weighted by Crippen LogP contribution is 2.38. The van der Waals surface area contributed by atoms with Crippen LogP contribution in [0.5, 0.6) is 11.5 Å². The van der Waals surface area contributed by atoms with Gasteiger partial charge in [0, 0.05) is 12.1 Å². The summed E-state index contributed by atoms with van der Waals surface area (Å²) in [6.07, 6.45) is 1.29. The van der Waals surface area contributed by atoms with Gasteiger partial charge in [-0.15, -0.1) is 0 Å². The Hall–Kier alpha value is -5.04. The summed E-state index contributed by atoms with van der Waals surface area (Å²) in [5.41, 5.74) is 0.917. The Labute approximate surface area is 241 Å². The van der Waals surface area contributed by atoms with E-state index in [4.69, 9.17) is 14.2 Å². The third-order valence-corrected chi connectivity index (χ3v) is 6.39. The van der Waals surface area contributed by atoms with Crippen molar-refractivity contribution in [3.05, 3.63) is 97.5 Å². The molecule has 1 N–H and O–H groups in total. The summed E-state index contributed by atoms with van der Waals surface area (Å²) in [5, 5.41) is 13.2. The van der Waals surface area contributed by atoms with E-state index in [9.17, 15) is 29.3 Å². The average Bonchev–Trinajstić information content (AvgIpc) is 2.95. The Bertz CT molecular complexity index is 1590. The molecule has 210 valence electrons. The molecular weight excluding hydrogens is 602 g/mol. The number of ether oxygens (including phenoxy) is 3. The van der Waals surface area contributed by atoms with E-state index in [1.165, 1.54) is 55.7 Å². The second kappa shape index (κ2) is 12.4. The first kappa shape index (κ1) is 29.0. The van der Waals surface area contributed by atoms with E-state index in [-0.39, 0.29) is 41.5 Å². The number of anilines is 1. The van der Waals surface area contributed by atoms with Crippen LogP contribution >= 0.6 is 15.9 Å². The SMILES string of the molecule is CCOC(=O)c1ccc(N2C(=O)NC(=O)/C(=C\c3cc(Br)c(OCc4cccc([N+](=O)[O-])c4)c(OC)c3)C2=O)cc1. The Kier molecular flexibility index (Phi) is 8.78. The number of rotatable bonds is 9.